The second-order valence-corrected chi connectivity index (χ2v) is 8.77. The molecule has 1 aliphatic rings. The first kappa shape index (κ1) is 31.7. The van der Waals surface area contributed by atoms with E-state index in [4.69, 9.17) is 0 Å². The molecule has 0 saturated carbocycles. The first-order valence-corrected chi connectivity index (χ1v) is 11.7. The van der Waals surface area contributed by atoms with E-state index in [0.29, 0.717) is 12.2 Å². The third-order valence-corrected chi connectivity index (χ3v) is 6.59. The Kier molecular flexibility index (Phi) is 12.7. The van der Waals surface area contributed by atoms with Crippen LogP contribution in [0.5, 0.6) is 0 Å². The summed E-state index contributed by atoms with van der Waals surface area (Å²) in [5, 5.41) is 3.05. The summed E-state index contributed by atoms with van der Waals surface area (Å²) in [4.78, 5) is 26.6. The predicted octanol–water partition coefficient (Wildman–Crippen LogP) is 4.71. The predicted molar refractivity (Wildman–Crippen MR) is 154 cm³/mol. The third-order valence-electron chi connectivity index (χ3n) is 6.59. The Morgan fingerprint density at radius 3 is 2.33 bits per heavy atom. The molecule has 4 rings (SSSR count). The highest BCUT2D eigenvalue weighted by atomic mass is 35.5. The van der Waals surface area contributed by atoms with E-state index in [1.807, 2.05) is 36.6 Å². The lowest BCUT2D eigenvalue weighted by molar-refractivity contribution is 0.0946. The summed E-state index contributed by atoms with van der Waals surface area (Å²) in [5.74, 6) is 1.42. The Hall–Kier alpha value is -2.32. The zero-order chi connectivity index (χ0) is 23.4. The van der Waals surface area contributed by atoms with Gasteiger partial charge in [-0.25, -0.2) is 9.97 Å². The second kappa shape index (κ2) is 14.4. The van der Waals surface area contributed by atoms with Gasteiger partial charge >= 0.3 is 0 Å². The van der Waals surface area contributed by atoms with Crippen LogP contribution in [0.2, 0.25) is 0 Å². The van der Waals surface area contributed by atoms with Crippen LogP contribution in [0.3, 0.4) is 0 Å². The highest BCUT2D eigenvalue weighted by Gasteiger charge is 2.20. The van der Waals surface area contributed by atoms with Crippen molar-refractivity contribution in [3.63, 3.8) is 0 Å². The lowest BCUT2D eigenvalue weighted by Gasteiger charge is -2.37. The minimum atomic E-state index is -0.120. The highest BCUT2D eigenvalue weighted by molar-refractivity contribution is 5.93. The maximum absolute atomic E-state index is 12.7. The van der Waals surface area contributed by atoms with E-state index < -0.39 is 0 Å². The molecular formula is C26H37Cl3N6O. The van der Waals surface area contributed by atoms with Gasteiger partial charge in [-0.2, -0.15) is 0 Å². The van der Waals surface area contributed by atoms with Gasteiger partial charge in [-0.15, -0.1) is 37.2 Å². The normalized spacial score (nSPS) is 13.3. The van der Waals surface area contributed by atoms with Gasteiger partial charge < -0.3 is 10.2 Å². The Morgan fingerprint density at radius 2 is 1.67 bits per heavy atom. The van der Waals surface area contributed by atoms with E-state index in [1.54, 1.807) is 6.20 Å². The van der Waals surface area contributed by atoms with E-state index in [1.165, 1.54) is 16.8 Å². The summed E-state index contributed by atoms with van der Waals surface area (Å²) >= 11 is 0. The van der Waals surface area contributed by atoms with Crippen molar-refractivity contribution in [2.75, 3.05) is 44.2 Å². The van der Waals surface area contributed by atoms with E-state index in [0.717, 1.165) is 56.5 Å². The maximum Gasteiger partial charge on any atom is 0.271 e. The van der Waals surface area contributed by atoms with Gasteiger partial charge in [0.2, 0.25) is 0 Å². The van der Waals surface area contributed by atoms with Crippen LogP contribution >= 0.6 is 37.2 Å². The van der Waals surface area contributed by atoms with Crippen LogP contribution in [0.25, 0.3) is 5.82 Å². The third kappa shape index (κ3) is 7.13. The van der Waals surface area contributed by atoms with Gasteiger partial charge in [0.1, 0.15) is 17.3 Å². The standard InChI is InChI=1S/C26H34N6O.3ClH/c1-19-9-7-10-23(20(19)2)31-17-15-30(16-18-31)14-8-13-28-26(33)25-21(3)32(22(4)29-25)24-11-5-6-12-27-24;;;/h5-7,9-12H,8,13-18H2,1-4H3,(H,28,33);3*1H. The number of rotatable bonds is 7. The number of aromatic nitrogens is 3. The molecule has 0 unspecified atom stereocenters. The minimum absolute atomic E-state index is 0. The molecular weight excluding hydrogens is 519 g/mol. The molecule has 36 heavy (non-hydrogen) atoms. The average Bonchev–Trinajstić information content (AvgIpc) is 3.13. The lowest BCUT2D eigenvalue weighted by Crippen LogP contribution is -2.47. The molecule has 7 nitrogen and oxygen atoms in total. The summed E-state index contributed by atoms with van der Waals surface area (Å²) < 4.78 is 1.92. The molecule has 10 heteroatoms. The number of halogens is 3. The molecule has 0 atom stereocenters. The smallest absolute Gasteiger partial charge is 0.271 e. The number of imidazole rings is 1. The Bertz CT molecular complexity index is 1110. The second-order valence-electron chi connectivity index (χ2n) is 8.77. The van der Waals surface area contributed by atoms with Crippen molar-refractivity contribution >= 4 is 48.8 Å². The van der Waals surface area contributed by atoms with Crippen molar-refractivity contribution in [1.82, 2.24) is 24.8 Å². The van der Waals surface area contributed by atoms with Crippen molar-refractivity contribution in [2.45, 2.75) is 34.1 Å². The molecule has 1 N–H and O–H groups in total. The van der Waals surface area contributed by atoms with Gasteiger partial charge in [0.25, 0.3) is 5.91 Å². The van der Waals surface area contributed by atoms with Crippen molar-refractivity contribution in [1.29, 1.82) is 0 Å². The van der Waals surface area contributed by atoms with Gasteiger partial charge in [0.05, 0.1) is 5.69 Å². The number of nitrogens with zero attached hydrogens (tertiary/aromatic N) is 5. The number of hydrogen-bond donors (Lipinski definition) is 1. The van der Waals surface area contributed by atoms with Crippen molar-refractivity contribution in [3.8, 4) is 5.82 Å². The summed E-state index contributed by atoms with van der Waals surface area (Å²) in [6.07, 6.45) is 2.67. The van der Waals surface area contributed by atoms with Crippen molar-refractivity contribution in [3.05, 3.63) is 70.9 Å². The number of anilines is 1. The number of benzene rings is 1. The number of hydrogen-bond acceptors (Lipinski definition) is 5. The van der Waals surface area contributed by atoms with Gasteiger partial charge in [-0.3, -0.25) is 14.3 Å². The minimum Gasteiger partial charge on any atom is -0.369 e. The van der Waals surface area contributed by atoms with E-state index >= 15 is 0 Å². The molecule has 1 saturated heterocycles. The number of amides is 1. The van der Waals surface area contributed by atoms with Crippen LogP contribution in [0, 0.1) is 27.7 Å². The van der Waals surface area contributed by atoms with Gasteiger partial charge in [0, 0.05) is 44.6 Å². The van der Waals surface area contributed by atoms with Crippen LogP contribution in [0.1, 0.15) is 39.6 Å². The molecule has 1 aliphatic heterocycles. The molecule has 3 aromatic rings. The molecule has 3 heterocycles. The van der Waals surface area contributed by atoms with E-state index in [9.17, 15) is 4.79 Å². The fourth-order valence-electron chi connectivity index (χ4n) is 4.56. The highest BCUT2D eigenvalue weighted by Crippen LogP contribution is 2.24. The van der Waals surface area contributed by atoms with E-state index in [-0.39, 0.29) is 43.1 Å². The topological polar surface area (TPSA) is 66.3 Å². The quantitative estimate of drug-likeness (QED) is 0.428. The monoisotopic (exact) mass is 554 g/mol. The Balaban J connectivity index is 0.00000216. The number of aryl methyl sites for hydroxylation is 2. The molecule has 0 aliphatic carbocycles. The van der Waals surface area contributed by atoms with Crippen molar-refractivity contribution < 1.29 is 4.79 Å². The van der Waals surface area contributed by atoms with Crippen LogP contribution in [0.4, 0.5) is 5.69 Å². The largest absolute Gasteiger partial charge is 0.369 e. The molecule has 198 valence electrons. The van der Waals surface area contributed by atoms with Crippen LogP contribution in [0.15, 0.2) is 42.6 Å². The first-order chi connectivity index (χ1) is 16.0. The maximum atomic E-state index is 12.7. The molecule has 0 spiro atoms. The fourth-order valence-corrected chi connectivity index (χ4v) is 4.56. The molecule has 1 aromatic carbocycles. The van der Waals surface area contributed by atoms with Gasteiger partial charge in [0.15, 0.2) is 0 Å². The number of carbonyl (C=O) groups excluding carboxylic acids is 1. The average molecular weight is 556 g/mol. The number of nitrogens with one attached hydrogen (secondary N) is 1. The van der Waals surface area contributed by atoms with Crippen LogP contribution < -0.4 is 10.2 Å². The zero-order valence-corrected chi connectivity index (χ0v) is 23.8. The molecule has 1 fully saturated rings. The summed E-state index contributed by atoms with van der Waals surface area (Å²) in [5.41, 5.74) is 5.37. The number of pyridine rings is 1. The SMILES string of the molecule is Cc1cccc(N2CCN(CCCNC(=O)c3nc(C)n(-c4ccccn4)c3C)CC2)c1C.Cl.Cl.Cl. The van der Waals surface area contributed by atoms with Crippen LogP contribution in [-0.2, 0) is 0 Å². The molecule has 0 bridgehead atoms. The molecule has 2 aromatic heterocycles. The summed E-state index contributed by atoms with van der Waals surface area (Å²) in [6, 6.07) is 12.3. The van der Waals surface area contributed by atoms with Crippen molar-refractivity contribution in [2.24, 2.45) is 0 Å². The summed E-state index contributed by atoms with van der Waals surface area (Å²) in [6.45, 7) is 14.0. The number of piperazine rings is 1. The molecule has 1 amide bonds. The summed E-state index contributed by atoms with van der Waals surface area (Å²) in [7, 11) is 0. The fraction of sp³-hybridized carbons (Fsp3) is 0.423. The first-order valence-electron chi connectivity index (χ1n) is 11.7. The Labute approximate surface area is 232 Å². The molecule has 0 radical (unpaired) electrons. The van der Waals surface area contributed by atoms with Crippen LogP contribution in [-0.4, -0.2) is 64.6 Å². The Morgan fingerprint density at radius 1 is 0.944 bits per heavy atom. The van der Waals surface area contributed by atoms with E-state index in [2.05, 4.69) is 57.1 Å². The number of carbonyl (C=O) groups is 1. The zero-order valence-electron chi connectivity index (χ0n) is 21.4. The van der Waals surface area contributed by atoms with Gasteiger partial charge in [-0.05, 0) is 70.0 Å². The van der Waals surface area contributed by atoms with Gasteiger partial charge in [-0.1, -0.05) is 18.2 Å². The lowest BCUT2D eigenvalue weighted by atomic mass is 10.1.